The second-order valence-corrected chi connectivity index (χ2v) is 7.31. The molecule has 1 fully saturated rings. The van der Waals surface area contributed by atoms with Gasteiger partial charge in [-0.1, -0.05) is 31.2 Å². The monoisotopic (exact) mass is 340 g/mol. The Kier molecular flexibility index (Phi) is 5.23. The zero-order valence-electron chi connectivity index (χ0n) is 15.4. The van der Waals surface area contributed by atoms with Crippen molar-refractivity contribution in [3.05, 3.63) is 53.3 Å². The number of rotatable bonds is 5. The summed E-state index contributed by atoms with van der Waals surface area (Å²) in [5, 5.41) is 11.0. The third-order valence-corrected chi connectivity index (χ3v) is 5.00. The number of aromatic nitrogens is 2. The quantitative estimate of drug-likeness (QED) is 0.879. The molecule has 1 aliphatic rings. The van der Waals surface area contributed by atoms with Crippen molar-refractivity contribution < 1.29 is 4.79 Å². The number of amides is 1. The van der Waals surface area contributed by atoms with E-state index in [1.54, 1.807) is 6.07 Å². The van der Waals surface area contributed by atoms with Gasteiger partial charge in [-0.2, -0.15) is 5.10 Å². The summed E-state index contributed by atoms with van der Waals surface area (Å²) in [6, 6.07) is 10.6. The Morgan fingerprint density at radius 3 is 2.72 bits per heavy atom. The average molecular weight is 340 g/mol. The third kappa shape index (κ3) is 4.10. The van der Waals surface area contributed by atoms with Crippen LogP contribution in [0.5, 0.6) is 0 Å². The van der Waals surface area contributed by atoms with Gasteiger partial charge >= 0.3 is 0 Å². The highest BCUT2D eigenvalue weighted by molar-refractivity contribution is 5.92. The molecule has 3 rings (SSSR count). The number of aryl methyl sites for hydroxylation is 1. The average Bonchev–Trinajstić information content (AvgIpc) is 3.12. The van der Waals surface area contributed by atoms with E-state index in [-0.39, 0.29) is 5.91 Å². The van der Waals surface area contributed by atoms with Crippen molar-refractivity contribution in [2.75, 3.05) is 13.1 Å². The second kappa shape index (κ2) is 7.40. The van der Waals surface area contributed by atoms with Gasteiger partial charge in [0, 0.05) is 12.7 Å². The Balaban J connectivity index is 1.69. The van der Waals surface area contributed by atoms with Gasteiger partial charge in [-0.15, -0.1) is 0 Å². The molecule has 0 saturated carbocycles. The van der Waals surface area contributed by atoms with Crippen LogP contribution in [0.1, 0.15) is 61.3 Å². The molecule has 1 atom stereocenters. The fraction of sp³-hybridized carbons (Fsp3) is 0.500. The zero-order valence-corrected chi connectivity index (χ0v) is 15.4. The normalized spacial score (nSPS) is 18.1. The van der Waals surface area contributed by atoms with Crippen molar-refractivity contribution in [1.82, 2.24) is 20.4 Å². The van der Waals surface area contributed by atoms with Gasteiger partial charge in [0.1, 0.15) is 5.69 Å². The number of carbonyl (C=O) groups excluding carboxylic acids is 1. The molecule has 1 aliphatic heterocycles. The van der Waals surface area contributed by atoms with Crippen molar-refractivity contribution in [1.29, 1.82) is 0 Å². The van der Waals surface area contributed by atoms with E-state index in [4.69, 9.17) is 0 Å². The number of piperidine rings is 1. The Morgan fingerprint density at radius 2 is 2.08 bits per heavy atom. The molecule has 1 aromatic heterocycles. The van der Waals surface area contributed by atoms with Crippen molar-refractivity contribution in [3.8, 4) is 0 Å². The van der Waals surface area contributed by atoms with Crippen molar-refractivity contribution >= 4 is 5.91 Å². The van der Waals surface area contributed by atoms with Crippen molar-refractivity contribution in [2.24, 2.45) is 0 Å². The van der Waals surface area contributed by atoms with E-state index < -0.39 is 5.54 Å². The highest BCUT2D eigenvalue weighted by Crippen LogP contribution is 2.22. The van der Waals surface area contributed by atoms with Crippen LogP contribution in [0.4, 0.5) is 0 Å². The van der Waals surface area contributed by atoms with Crippen LogP contribution >= 0.6 is 0 Å². The van der Waals surface area contributed by atoms with E-state index >= 15 is 0 Å². The summed E-state index contributed by atoms with van der Waals surface area (Å²) in [6.07, 6.45) is 5.17. The molecule has 5 heteroatoms. The highest BCUT2D eigenvalue weighted by atomic mass is 16.2. The Hall–Kier alpha value is -2.14. The lowest BCUT2D eigenvalue weighted by molar-refractivity contribution is 0.0905. The molecule has 5 nitrogen and oxygen atoms in total. The lowest BCUT2D eigenvalue weighted by Gasteiger charge is -2.27. The van der Waals surface area contributed by atoms with Crippen molar-refractivity contribution in [3.63, 3.8) is 0 Å². The molecule has 2 aromatic rings. The maximum atomic E-state index is 12.7. The van der Waals surface area contributed by atoms with Crippen LogP contribution in [-0.2, 0) is 12.0 Å². The highest BCUT2D eigenvalue weighted by Gasteiger charge is 2.25. The molecule has 0 spiro atoms. The predicted molar refractivity (Wildman–Crippen MR) is 99.7 cm³/mol. The molecule has 25 heavy (non-hydrogen) atoms. The molecule has 2 heterocycles. The zero-order chi connectivity index (χ0) is 17.9. The molecular weight excluding hydrogens is 312 g/mol. The van der Waals surface area contributed by atoms with E-state index in [0.29, 0.717) is 11.7 Å². The predicted octanol–water partition coefficient (Wildman–Crippen LogP) is 3.04. The summed E-state index contributed by atoms with van der Waals surface area (Å²) in [7, 11) is 0. The molecule has 0 aliphatic carbocycles. The maximum absolute atomic E-state index is 12.7. The number of nitrogens with one attached hydrogen (secondary N) is 2. The van der Waals surface area contributed by atoms with Crippen LogP contribution in [0.15, 0.2) is 36.5 Å². The van der Waals surface area contributed by atoms with E-state index in [1.807, 2.05) is 24.7 Å². The topological polar surface area (TPSA) is 59.0 Å². The molecule has 1 unspecified atom stereocenters. The van der Waals surface area contributed by atoms with Crippen LogP contribution in [0.25, 0.3) is 0 Å². The molecule has 0 radical (unpaired) electrons. The Bertz CT molecular complexity index is 712. The minimum absolute atomic E-state index is 0.132. The lowest BCUT2D eigenvalue weighted by Crippen LogP contribution is -2.41. The molecule has 1 saturated heterocycles. The van der Waals surface area contributed by atoms with Crippen molar-refractivity contribution in [2.45, 2.75) is 51.6 Å². The fourth-order valence-corrected chi connectivity index (χ4v) is 3.30. The summed E-state index contributed by atoms with van der Waals surface area (Å²) in [6.45, 7) is 8.16. The summed E-state index contributed by atoms with van der Waals surface area (Å²) < 4.78 is 1.92. The smallest absolute Gasteiger partial charge is 0.272 e. The molecule has 0 bridgehead atoms. The van der Waals surface area contributed by atoms with Crippen LogP contribution in [0.2, 0.25) is 0 Å². The molecule has 134 valence electrons. The Morgan fingerprint density at radius 1 is 1.32 bits per heavy atom. The van der Waals surface area contributed by atoms with Gasteiger partial charge in [-0.25, -0.2) is 0 Å². The number of carbonyl (C=O) groups is 1. The van der Waals surface area contributed by atoms with Gasteiger partial charge < -0.3 is 10.6 Å². The fourth-order valence-electron chi connectivity index (χ4n) is 3.30. The number of nitrogens with zero attached hydrogens (tertiary/aromatic N) is 2. The minimum atomic E-state index is -0.445. The number of hydrogen-bond donors (Lipinski definition) is 2. The largest absolute Gasteiger partial charge is 0.342 e. The minimum Gasteiger partial charge on any atom is -0.342 e. The molecular formula is C20H28N4O. The number of benzene rings is 1. The molecule has 1 aromatic carbocycles. The summed E-state index contributed by atoms with van der Waals surface area (Å²) in [4.78, 5) is 12.7. The van der Waals surface area contributed by atoms with Gasteiger partial charge in [-0.05, 0) is 56.8 Å². The SMILES string of the molecule is CCc1ccc(C(C)(C)NC(=O)c2ccn(C3CCCNC3)n2)cc1. The first-order valence-electron chi connectivity index (χ1n) is 9.17. The van der Waals surface area contributed by atoms with Gasteiger partial charge in [0.15, 0.2) is 0 Å². The van der Waals surface area contributed by atoms with Gasteiger partial charge in [0.05, 0.1) is 11.6 Å². The van der Waals surface area contributed by atoms with Crippen LogP contribution in [0.3, 0.4) is 0 Å². The first kappa shape index (κ1) is 17.7. The van der Waals surface area contributed by atoms with Crippen LogP contribution in [-0.4, -0.2) is 28.8 Å². The van der Waals surface area contributed by atoms with E-state index in [9.17, 15) is 4.79 Å². The van der Waals surface area contributed by atoms with Gasteiger partial charge in [-0.3, -0.25) is 9.48 Å². The third-order valence-electron chi connectivity index (χ3n) is 5.00. The summed E-state index contributed by atoms with van der Waals surface area (Å²) >= 11 is 0. The first-order valence-corrected chi connectivity index (χ1v) is 9.17. The maximum Gasteiger partial charge on any atom is 0.272 e. The Labute approximate surface area is 149 Å². The van der Waals surface area contributed by atoms with Crippen LogP contribution in [0, 0.1) is 0 Å². The van der Waals surface area contributed by atoms with Gasteiger partial charge in [0.25, 0.3) is 5.91 Å². The number of hydrogen-bond acceptors (Lipinski definition) is 3. The first-order chi connectivity index (χ1) is 12.0. The summed E-state index contributed by atoms with van der Waals surface area (Å²) in [5.41, 5.74) is 2.42. The molecule has 2 N–H and O–H groups in total. The van der Waals surface area contributed by atoms with Gasteiger partial charge in [0.2, 0.25) is 0 Å². The summed E-state index contributed by atoms with van der Waals surface area (Å²) in [5.74, 6) is -0.132. The van der Waals surface area contributed by atoms with E-state index in [1.165, 1.54) is 5.56 Å². The van der Waals surface area contributed by atoms with Crippen LogP contribution < -0.4 is 10.6 Å². The standard InChI is InChI=1S/C20H28N4O/c1-4-15-7-9-16(10-8-15)20(2,3)22-19(25)18-11-13-24(23-18)17-6-5-12-21-14-17/h7-11,13,17,21H,4-6,12,14H2,1-3H3,(H,22,25). The van der Waals surface area contributed by atoms with E-state index in [0.717, 1.165) is 37.9 Å². The molecule has 1 amide bonds. The second-order valence-electron chi connectivity index (χ2n) is 7.31. The lowest BCUT2D eigenvalue weighted by atomic mass is 9.93. The van der Waals surface area contributed by atoms with E-state index in [2.05, 4.69) is 46.9 Å².